The third-order valence-electron chi connectivity index (χ3n) is 0. The summed E-state index contributed by atoms with van der Waals surface area (Å²) >= 11 is 0.750. The predicted molar refractivity (Wildman–Crippen MR) is 37.2 cm³/mol. The standard InChI is InChI=1S/2C2H5.2ClH.O.Ti/c2*1-2;;;;/h2*1H2,2H3;2*1H;;/q2*-1;;;;+2. The van der Waals surface area contributed by atoms with Gasteiger partial charge in [0.05, 0.1) is 0 Å². The molecular formula is C4H12Cl2OTi. The Bertz CT molecular complexity index is 14.0. The third kappa shape index (κ3) is 220. The summed E-state index contributed by atoms with van der Waals surface area (Å²) in [5, 5.41) is 0. The fourth-order valence-corrected chi connectivity index (χ4v) is 0. The summed E-state index contributed by atoms with van der Waals surface area (Å²) in [6.45, 7) is 10.0. The maximum absolute atomic E-state index is 8.25. The van der Waals surface area contributed by atoms with Crippen molar-refractivity contribution in [1.82, 2.24) is 0 Å². The Hall–Kier alpha value is 1.09. The molecule has 0 N–H and O–H groups in total. The Morgan fingerprint density at radius 3 is 0.875 bits per heavy atom. The van der Waals surface area contributed by atoms with Crippen LogP contribution in [0, 0.1) is 13.8 Å². The van der Waals surface area contributed by atoms with Crippen LogP contribution in [0.1, 0.15) is 13.8 Å². The Morgan fingerprint density at radius 1 is 0.875 bits per heavy atom. The number of halogens is 2. The summed E-state index contributed by atoms with van der Waals surface area (Å²) < 4.78 is 8.25. The topological polar surface area (TPSA) is 17.1 Å². The van der Waals surface area contributed by atoms with Crippen molar-refractivity contribution in [1.29, 1.82) is 0 Å². The molecule has 0 heterocycles. The molecule has 0 bridgehead atoms. The van der Waals surface area contributed by atoms with Crippen LogP contribution in [-0.4, -0.2) is 0 Å². The van der Waals surface area contributed by atoms with Crippen molar-refractivity contribution < 1.29 is 23.7 Å². The van der Waals surface area contributed by atoms with Crippen molar-refractivity contribution in [3.63, 3.8) is 0 Å². The average Bonchev–Trinajstić information content (AvgIpc) is 1.81. The van der Waals surface area contributed by atoms with E-state index < -0.39 is 0 Å². The van der Waals surface area contributed by atoms with Gasteiger partial charge in [0.25, 0.3) is 0 Å². The van der Waals surface area contributed by atoms with E-state index in [-0.39, 0.29) is 24.8 Å². The van der Waals surface area contributed by atoms with Crippen molar-refractivity contribution in [2.75, 3.05) is 0 Å². The third-order valence-corrected chi connectivity index (χ3v) is 0. The van der Waals surface area contributed by atoms with E-state index >= 15 is 0 Å². The SMILES string of the molecule is Cl.Cl.[CH2-]C.[CH2-]C.[O]=[Ti+2]. The van der Waals surface area contributed by atoms with Crippen LogP contribution in [0.25, 0.3) is 0 Å². The van der Waals surface area contributed by atoms with E-state index in [0.717, 1.165) is 20.4 Å². The Kier molecular flexibility index (Phi) is 1510. The van der Waals surface area contributed by atoms with Crippen LogP contribution in [0.4, 0.5) is 0 Å². The monoisotopic (exact) mass is 194 g/mol. The molecule has 0 radical (unpaired) electrons. The molecular weight excluding hydrogens is 183 g/mol. The van der Waals surface area contributed by atoms with Gasteiger partial charge in [0.15, 0.2) is 0 Å². The van der Waals surface area contributed by atoms with Crippen molar-refractivity contribution in [2.45, 2.75) is 13.8 Å². The van der Waals surface area contributed by atoms with Gasteiger partial charge in [0.2, 0.25) is 0 Å². The van der Waals surface area contributed by atoms with Gasteiger partial charge in [-0.15, -0.1) is 24.8 Å². The Balaban J connectivity index is -0.00000000500. The number of hydrogen-bond donors (Lipinski definition) is 0. The summed E-state index contributed by atoms with van der Waals surface area (Å²) in [7, 11) is 0. The Morgan fingerprint density at radius 2 is 0.875 bits per heavy atom. The molecule has 0 aliphatic rings. The molecule has 0 amide bonds. The summed E-state index contributed by atoms with van der Waals surface area (Å²) in [5.74, 6) is 0. The van der Waals surface area contributed by atoms with Gasteiger partial charge in [-0.25, -0.2) is 0 Å². The van der Waals surface area contributed by atoms with E-state index in [4.69, 9.17) is 3.32 Å². The number of hydrogen-bond acceptors (Lipinski definition) is 1. The zero-order valence-corrected chi connectivity index (χ0v) is 8.33. The molecule has 52 valence electrons. The van der Waals surface area contributed by atoms with Crippen LogP contribution in [0.3, 0.4) is 0 Å². The second-order valence-corrected chi connectivity index (χ2v) is 0. The fourth-order valence-electron chi connectivity index (χ4n) is 0. The molecule has 1 nitrogen and oxygen atoms in total. The molecule has 0 aromatic heterocycles. The van der Waals surface area contributed by atoms with E-state index in [2.05, 4.69) is 13.8 Å². The fraction of sp³-hybridized carbons (Fsp3) is 0.500. The molecule has 0 fully saturated rings. The molecule has 4 heteroatoms. The first-order valence-electron chi connectivity index (χ1n) is 1.62. The molecule has 0 spiro atoms. The summed E-state index contributed by atoms with van der Waals surface area (Å²) in [6.07, 6.45) is 0. The van der Waals surface area contributed by atoms with Gasteiger partial charge in [-0.05, 0) is 0 Å². The quantitative estimate of drug-likeness (QED) is 0.428. The minimum atomic E-state index is 0. The van der Waals surface area contributed by atoms with Gasteiger partial charge in [0.1, 0.15) is 0 Å². The Labute approximate surface area is 76.2 Å². The van der Waals surface area contributed by atoms with Crippen LogP contribution in [0.5, 0.6) is 0 Å². The molecule has 0 saturated carbocycles. The molecule has 0 rings (SSSR count). The second-order valence-electron chi connectivity index (χ2n) is 0. The van der Waals surface area contributed by atoms with Crippen molar-refractivity contribution in [3.05, 3.63) is 13.8 Å². The minimum absolute atomic E-state index is 0. The first-order chi connectivity index (χ1) is 3.00. The van der Waals surface area contributed by atoms with Gasteiger partial charge in [0, 0.05) is 0 Å². The van der Waals surface area contributed by atoms with E-state index in [1.807, 2.05) is 0 Å². The first-order valence-corrected chi connectivity index (χ1v) is 2.26. The summed E-state index contributed by atoms with van der Waals surface area (Å²) in [6, 6.07) is 0. The molecule has 0 aromatic carbocycles. The van der Waals surface area contributed by atoms with Crippen molar-refractivity contribution in [3.8, 4) is 0 Å². The van der Waals surface area contributed by atoms with Gasteiger partial charge in [-0.1, -0.05) is 0 Å². The van der Waals surface area contributed by atoms with E-state index in [1.165, 1.54) is 0 Å². The zero-order chi connectivity index (χ0) is 6.00. The molecule has 0 aliphatic carbocycles. The molecule has 0 aliphatic heterocycles. The van der Waals surface area contributed by atoms with Crippen LogP contribution < -0.4 is 0 Å². The number of rotatable bonds is 0. The predicted octanol–water partition coefficient (Wildman–Crippen LogP) is 2.40. The zero-order valence-electron chi connectivity index (χ0n) is 5.14. The normalized spacial score (nSPS) is 2.25. The van der Waals surface area contributed by atoms with Crippen molar-refractivity contribution >= 4 is 24.8 Å². The van der Waals surface area contributed by atoms with E-state index in [9.17, 15) is 0 Å². The summed E-state index contributed by atoms with van der Waals surface area (Å²) in [5.41, 5.74) is 0. The second kappa shape index (κ2) is 340. The van der Waals surface area contributed by atoms with E-state index in [0.29, 0.717) is 0 Å². The molecule has 0 unspecified atom stereocenters. The average molecular weight is 195 g/mol. The van der Waals surface area contributed by atoms with Gasteiger partial charge < -0.3 is 13.8 Å². The van der Waals surface area contributed by atoms with Crippen LogP contribution >= 0.6 is 24.8 Å². The molecule has 0 aromatic rings. The molecule has 8 heavy (non-hydrogen) atoms. The van der Waals surface area contributed by atoms with Crippen LogP contribution in [0.15, 0.2) is 0 Å². The summed E-state index contributed by atoms with van der Waals surface area (Å²) in [4.78, 5) is 0. The van der Waals surface area contributed by atoms with Crippen LogP contribution in [0.2, 0.25) is 0 Å². The first kappa shape index (κ1) is 35.5. The van der Waals surface area contributed by atoms with Crippen LogP contribution in [-0.2, 0) is 23.7 Å². The molecule has 0 atom stereocenters. The van der Waals surface area contributed by atoms with Gasteiger partial charge >= 0.3 is 23.7 Å². The van der Waals surface area contributed by atoms with Crippen molar-refractivity contribution in [2.24, 2.45) is 0 Å². The van der Waals surface area contributed by atoms with Gasteiger partial charge in [-0.3, -0.25) is 0 Å². The van der Waals surface area contributed by atoms with E-state index in [1.54, 1.807) is 13.8 Å². The maximum atomic E-state index is 8.25. The molecule has 0 saturated heterocycles. The van der Waals surface area contributed by atoms with Gasteiger partial charge in [-0.2, -0.15) is 13.8 Å².